The van der Waals surface area contributed by atoms with Gasteiger partial charge >= 0.3 is 11.9 Å². The molecule has 0 amide bonds. The van der Waals surface area contributed by atoms with Crippen molar-refractivity contribution in [2.24, 2.45) is 5.92 Å². The summed E-state index contributed by atoms with van der Waals surface area (Å²) in [5.74, 6) is -1.67. The number of aliphatic hydroxyl groups is 2. The van der Waals surface area contributed by atoms with Crippen LogP contribution < -0.4 is 0 Å². The van der Waals surface area contributed by atoms with E-state index in [0.29, 0.717) is 24.0 Å². The molecule has 144 valence electrons. The zero-order valence-electron chi connectivity index (χ0n) is 15.8. The van der Waals surface area contributed by atoms with Gasteiger partial charge in [0.2, 0.25) is 0 Å². The van der Waals surface area contributed by atoms with Crippen molar-refractivity contribution in [1.29, 1.82) is 0 Å². The molecule has 1 aliphatic carbocycles. The Bertz CT molecular complexity index is 657. The SMILES string of the molecule is C=C1C(=O)O[C@H]2C=C(C)[C@@H](O)CC[C@](C)(O)C[C@@H](OC(=O)/C(C)=C\C)[C@@H]12. The minimum absolute atomic E-state index is 0.117. The third-order valence-electron chi connectivity index (χ3n) is 5.23. The molecule has 0 bridgehead atoms. The van der Waals surface area contributed by atoms with Gasteiger partial charge in [0.15, 0.2) is 0 Å². The Morgan fingerprint density at radius 3 is 2.77 bits per heavy atom. The summed E-state index contributed by atoms with van der Waals surface area (Å²) in [6.07, 6.45) is 1.94. The van der Waals surface area contributed by atoms with Crippen molar-refractivity contribution in [3.63, 3.8) is 0 Å². The summed E-state index contributed by atoms with van der Waals surface area (Å²) in [5.41, 5.74) is 0.121. The third kappa shape index (κ3) is 4.43. The molecule has 1 fully saturated rings. The highest BCUT2D eigenvalue weighted by molar-refractivity contribution is 5.92. The first-order chi connectivity index (χ1) is 12.1. The van der Waals surface area contributed by atoms with Gasteiger partial charge < -0.3 is 19.7 Å². The molecule has 0 spiro atoms. The second-order valence-corrected chi connectivity index (χ2v) is 7.50. The van der Waals surface area contributed by atoms with Gasteiger partial charge in [-0.1, -0.05) is 12.7 Å². The number of hydrogen-bond acceptors (Lipinski definition) is 6. The van der Waals surface area contributed by atoms with E-state index >= 15 is 0 Å². The summed E-state index contributed by atoms with van der Waals surface area (Å²) in [5, 5.41) is 21.0. The van der Waals surface area contributed by atoms with Gasteiger partial charge in [0.1, 0.15) is 12.2 Å². The Hall–Kier alpha value is -1.92. The van der Waals surface area contributed by atoms with Gasteiger partial charge in [-0.2, -0.15) is 0 Å². The number of carbonyl (C=O) groups is 2. The van der Waals surface area contributed by atoms with Crippen LogP contribution in [-0.2, 0) is 19.1 Å². The van der Waals surface area contributed by atoms with Gasteiger partial charge in [0.25, 0.3) is 0 Å². The molecule has 0 aromatic carbocycles. The molecule has 0 aromatic rings. The number of allylic oxidation sites excluding steroid dienone is 1. The third-order valence-corrected chi connectivity index (χ3v) is 5.23. The van der Waals surface area contributed by atoms with Crippen LogP contribution in [0.15, 0.2) is 35.5 Å². The first-order valence-corrected chi connectivity index (χ1v) is 8.88. The summed E-state index contributed by atoms with van der Waals surface area (Å²) in [4.78, 5) is 24.4. The fourth-order valence-corrected chi connectivity index (χ4v) is 3.35. The number of carbonyl (C=O) groups excluding carboxylic acids is 2. The number of esters is 2. The monoisotopic (exact) mass is 364 g/mol. The largest absolute Gasteiger partial charge is 0.458 e. The quantitative estimate of drug-likeness (QED) is 0.443. The maximum Gasteiger partial charge on any atom is 0.334 e. The first-order valence-electron chi connectivity index (χ1n) is 8.88. The van der Waals surface area contributed by atoms with Crippen molar-refractivity contribution in [2.75, 3.05) is 0 Å². The minimum Gasteiger partial charge on any atom is -0.458 e. The van der Waals surface area contributed by atoms with E-state index in [1.807, 2.05) is 0 Å². The van der Waals surface area contributed by atoms with Crippen LogP contribution >= 0.6 is 0 Å². The fourth-order valence-electron chi connectivity index (χ4n) is 3.35. The molecule has 1 aliphatic heterocycles. The number of rotatable bonds is 2. The lowest BCUT2D eigenvalue weighted by atomic mass is 9.80. The lowest BCUT2D eigenvalue weighted by Crippen LogP contribution is -2.41. The average Bonchev–Trinajstić information content (AvgIpc) is 2.84. The molecular weight excluding hydrogens is 336 g/mol. The lowest BCUT2D eigenvalue weighted by Gasteiger charge is -2.34. The van der Waals surface area contributed by atoms with Crippen LogP contribution in [0.2, 0.25) is 0 Å². The zero-order valence-corrected chi connectivity index (χ0v) is 15.8. The Morgan fingerprint density at radius 2 is 2.15 bits per heavy atom. The Morgan fingerprint density at radius 1 is 1.50 bits per heavy atom. The molecule has 5 atom stereocenters. The second kappa shape index (κ2) is 7.76. The van der Waals surface area contributed by atoms with E-state index in [0.717, 1.165) is 0 Å². The van der Waals surface area contributed by atoms with Crippen molar-refractivity contribution in [1.82, 2.24) is 0 Å². The number of hydrogen-bond donors (Lipinski definition) is 2. The summed E-state index contributed by atoms with van der Waals surface area (Å²) in [7, 11) is 0. The van der Waals surface area contributed by atoms with Crippen LogP contribution in [0.5, 0.6) is 0 Å². The number of fused-ring (bicyclic) bond motifs is 1. The minimum atomic E-state index is -1.18. The van der Waals surface area contributed by atoms with Gasteiger partial charge in [-0.25, -0.2) is 9.59 Å². The molecule has 0 saturated carbocycles. The normalized spacial score (nSPS) is 36.1. The Kier molecular flexibility index (Phi) is 6.09. The fraction of sp³-hybridized carbons (Fsp3) is 0.600. The zero-order chi connectivity index (χ0) is 19.6. The van der Waals surface area contributed by atoms with Gasteiger partial charge in [-0.15, -0.1) is 0 Å². The van der Waals surface area contributed by atoms with E-state index in [1.54, 1.807) is 39.8 Å². The highest BCUT2D eigenvalue weighted by Gasteiger charge is 2.47. The van der Waals surface area contributed by atoms with E-state index in [2.05, 4.69) is 6.58 Å². The maximum absolute atomic E-state index is 12.3. The highest BCUT2D eigenvalue weighted by atomic mass is 16.6. The van der Waals surface area contributed by atoms with E-state index in [4.69, 9.17) is 9.47 Å². The van der Waals surface area contributed by atoms with E-state index < -0.39 is 41.8 Å². The molecule has 0 aromatic heterocycles. The van der Waals surface area contributed by atoms with Crippen molar-refractivity contribution in [2.45, 2.75) is 70.9 Å². The van der Waals surface area contributed by atoms with Gasteiger partial charge in [-0.3, -0.25) is 0 Å². The first kappa shape index (κ1) is 20.4. The molecule has 2 N–H and O–H groups in total. The van der Waals surface area contributed by atoms with Crippen molar-refractivity contribution >= 4 is 11.9 Å². The van der Waals surface area contributed by atoms with Gasteiger partial charge in [0, 0.05) is 17.6 Å². The molecule has 26 heavy (non-hydrogen) atoms. The van der Waals surface area contributed by atoms with Crippen LogP contribution in [0.3, 0.4) is 0 Å². The molecular formula is C20H28O6. The van der Waals surface area contributed by atoms with Crippen molar-refractivity contribution in [3.8, 4) is 0 Å². The number of aliphatic hydroxyl groups excluding tert-OH is 1. The number of ether oxygens (including phenoxy) is 2. The van der Waals surface area contributed by atoms with Gasteiger partial charge in [0.05, 0.1) is 17.6 Å². The van der Waals surface area contributed by atoms with Crippen LogP contribution in [0, 0.1) is 5.92 Å². The Labute approximate surface area is 154 Å². The van der Waals surface area contributed by atoms with Crippen LogP contribution in [0.25, 0.3) is 0 Å². The summed E-state index contributed by atoms with van der Waals surface area (Å²) < 4.78 is 11.0. The van der Waals surface area contributed by atoms with E-state index in [1.165, 1.54) is 0 Å². The predicted molar refractivity (Wildman–Crippen MR) is 96.1 cm³/mol. The van der Waals surface area contributed by atoms with Crippen LogP contribution in [0.4, 0.5) is 0 Å². The average molecular weight is 364 g/mol. The highest BCUT2D eigenvalue weighted by Crippen LogP contribution is 2.38. The maximum atomic E-state index is 12.3. The topological polar surface area (TPSA) is 93.1 Å². The molecule has 0 unspecified atom stereocenters. The van der Waals surface area contributed by atoms with E-state index in [-0.39, 0.29) is 12.0 Å². The molecule has 0 radical (unpaired) electrons. The Balaban J connectivity index is 2.45. The van der Waals surface area contributed by atoms with Crippen LogP contribution in [-0.4, -0.2) is 46.1 Å². The standard InChI is InChI=1S/C20H28O6/c1-6-11(2)18(22)26-16-10-20(5,24)8-7-14(21)12(3)9-15-17(16)13(4)19(23)25-15/h6,9,14-17,21,24H,4,7-8,10H2,1-3,5H3/b11-6-,12-9?/t14-,15-,16+,17-,20-/m0/s1. The van der Waals surface area contributed by atoms with Crippen LogP contribution in [0.1, 0.15) is 47.0 Å². The van der Waals surface area contributed by atoms with E-state index in [9.17, 15) is 19.8 Å². The van der Waals surface area contributed by atoms with Crippen molar-refractivity contribution < 1.29 is 29.3 Å². The summed E-state index contributed by atoms with van der Waals surface area (Å²) in [6, 6.07) is 0. The smallest absolute Gasteiger partial charge is 0.334 e. The molecule has 6 nitrogen and oxygen atoms in total. The summed E-state index contributed by atoms with van der Waals surface area (Å²) in [6.45, 7) is 10.6. The molecule has 1 saturated heterocycles. The molecule has 6 heteroatoms. The van der Waals surface area contributed by atoms with Gasteiger partial charge in [-0.05, 0) is 52.2 Å². The second-order valence-electron chi connectivity index (χ2n) is 7.50. The predicted octanol–water partition coefficient (Wildman–Crippen LogP) is 2.20. The van der Waals surface area contributed by atoms with Crippen molar-refractivity contribution in [3.05, 3.63) is 35.5 Å². The molecule has 2 rings (SSSR count). The lowest BCUT2D eigenvalue weighted by molar-refractivity contribution is -0.151. The summed E-state index contributed by atoms with van der Waals surface area (Å²) >= 11 is 0. The molecule has 1 heterocycles. The molecule has 2 aliphatic rings.